The topological polar surface area (TPSA) is 34.1 Å². The van der Waals surface area contributed by atoms with E-state index in [1.165, 1.54) is 13.2 Å². The van der Waals surface area contributed by atoms with Gasteiger partial charge in [-0.05, 0) is 32.0 Å². The molecule has 0 bridgehead atoms. The fourth-order valence-corrected chi connectivity index (χ4v) is 2.17. The Balaban J connectivity index is 2.10. The fraction of sp³-hybridized carbons (Fsp3) is 0.312. The van der Waals surface area contributed by atoms with Gasteiger partial charge in [-0.25, -0.2) is 4.39 Å². The predicted octanol–water partition coefficient (Wildman–Crippen LogP) is 3.64. The summed E-state index contributed by atoms with van der Waals surface area (Å²) in [5.74, 6) is 0.258. The van der Waals surface area contributed by atoms with Crippen LogP contribution in [0.3, 0.4) is 0 Å². The Bertz CT molecular complexity index is 560. The minimum absolute atomic E-state index is 0.0488. The van der Waals surface area contributed by atoms with Gasteiger partial charge in [0.15, 0.2) is 0 Å². The fourth-order valence-electron chi connectivity index (χ4n) is 2.17. The lowest BCUT2D eigenvalue weighted by Crippen LogP contribution is -2.23. The number of hydrogen-bond donors (Lipinski definition) is 1. The molecule has 1 heterocycles. The van der Waals surface area contributed by atoms with Gasteiger partial charge in [-0.3, -0.25) is 4.98 Å². The van der Waals surface area contributed by atoms with Crippen LogP contribution in [0, 0.1) is 5.82 Å². The highest BCUT2D eigenvalue weighted by molar-refractivity contribution is 5.30. The molecule has 106 valence electrons. The van der Waals surface area contributed by atoms with Crippen LogP contribution in [0.5, 0.6) is 5.75 Å². The van der Waals surface area contributed by atoms with E-state index in [0.717, 1.165) is 5.69 Å². The summed E-state index contributed by atoms with van der Waals surface area (Å²) in [6.07, 6.45) is 1.76. The minimum Gasteiger partial charge on any atom is -0.497 e. The molecule has 0 radical (unpaired) electrons. The highest BCUT2D eigenvalue weighted by Gasteiger charge is 2.15. The molecule has 2 atom stereocenters. The third kappa shape index (κ3) is 3.33. The molecule has 0 aliphatic rings. The summed E-state index contributed by atoms with van der Waals surface area (Å²) in [4.78, 5) is 4.30. The Morgan fingerprint density at radius 3 is 2.55 bits per heavy atom. The van der Waals surface area contributed by atoms with Crippen molar-refractivity contribution in [3.05, 3.63) is 59.7 Å². The van der Waals surface area contributed by atoms with Gasteiger partial charge in [0.2, 0.25) is 0 Å². The van der Waals surface area contributed by atoms with Crippen LogP contribution in [0.1, 0.15) is 37.2 Å². The van der Waals surface area contributed by atoms with E-state index >= 15 is 0 Å². The molecule has 0 aliphatic heterocycles. The average molecular weight is 274 g/mol. The zero-order valence-corrected chi connectivity index (χ0v) is 11.9. The van der Waals surface area contributed by atoms with Gasteiger partial charge in [-0.15, -0.1) is 0 Å². The Morgan fingerprint density at radius 2 is 1.95 bits per heavy atom. The number of methoxy groups -OCH3 is 1. The number of hydrogen-bond acceptors (Lipinski definition) is 3. The highest BCUT2D eigenvalue weighted by atomic mass is 19.1. The molecular formula is C16H19FN2O. The van der Waals surface area contributed by atoms with Crippen molar-refractivity contribution in [2.24, 2.45) is 0 Å². The van der Waals surface area contributed by atoms with Gasteiger partial charge in [0.1, 0.15) is 11.6 Å². The first-order valence-corrected chi connectivity index (χ1v) is 6.62. The summed E-state index contributed by atoms with van der Waals surface area (Å²) in [5.41, 5.74) is 1.56. The Hall–Kier alpha value is -1.94. The second-order valence-corrected chi connectivity index (χ2v) is 4.75. The summed E-state index contributed by atoms with van der Waals surface area (Å²) >= 11 is 0. The third-order valence-corrected chi connectivity index (χ3v) is 3.31. The molecule has 1 unspecified atom stereocenters. The Morgan fingerprint density at radius 1 is 1.15 bits per heavy atom. The van der Waals surface area contributed by atoms with Crippen LogP contribution < -0.4 is 10.1 Å². The zero-order chi connectivity index (χ0) is 14.5. The lowest BCUT2D eigenvalue weighted by atomic mass is 10.1. The lowest BCUT2D eigenvalue weighted by molar-refractivity contribution is 0.408. The first kappa shape index (κ1) is 14.5. The van der Waals surface area contributed by atoms with Gasteiger partial charge in [0.25, 0.3) is 0 Å². The van der Waals surface area contributed by atoms with Crippen molar-refractivity contribution in [2.75, 3.05) is 7.11 Å². The van der Waals surface area contributed by atoms with E-state index in [0.29, 0.717) is 11.3 Å². The van der Waals surface area contributed by atoms with E-state index in [-0.39, 0.29) is 17.9 Å². The number of pyridine rings is 1. The number of nitrogens with one attached hydrogen (secondary N) is 1. The maximum Gasteiger partial charge on any atom is 0.131 e. The van der Waals surface area contributed by atoms with Gasteiger partial charge in [-0.1, -0.05) is 12.1 Å². The Labute approximate surface area is 118 Å². The smallest absolute Gasteiger partial charge is 0.131 e. The monoisotopic (exact) mass is 274 g/mol. The van der Waals surface area contributed by atoms with Crippen LogP contribution in [0.25, 0.3) is 0 Å². The van der Waals surface area contributed by atoms with Crippen molar-refractivity contribution < 1.29 is 9.13 Å². The van der Waals surface area contributed by atoms with Crippen LogP contribution in [-0.2, 0) is 0 Å². The van der Waals surface area contributed by atoms with Crippen LogP contribution in [-0.4, -0.2) is 12.1 Å². The summed E-state index contributed by atoms with van der Waals surface area (Å²) in [7, 11) is 1.53. The first-order chi connectivity index (χ1) is 9.61. The molecule has 20 heavy (non-hydrogen) atoms. The van der Waals surface area contributed by atoms with E-state index in [1.807, 2.05) is 32.0 Å². The number of ether oxygens (including phenoxy) is 1. The number of halogens is 1. The van der Waals surface area contributed by atoms with Crippen molar-refractivity contribution >= 4 is 0 Å². The summed E-state index contributed by atoms with van der Waals surface area (Å²) in [6, 6.07) is 10.6. The number of benzene rings is 1. The molecule has 0 saturated heterocycles. The molecule has 2 rings (SSSR count). The van der Waals surface area contributed by atoms with E-state index < -0.39 is 0 Å². The third-order valence-electron chi connectivity index (χ3n) is 3.31. The first-order valence-electron chi connectivity index (χ1n) is 6.62. The molecule has 0 aliphatic carbocycles. The summed E-state index contributed by atoms with van der Waals surface area (Å²) < 4.78 is 19.0. The summed E-state index contributed by atoms with van der Waals surface area (Å²) in [5, 5.41) is 3.35. The van der Waals surface area contributed by atoms with Gasteiger partial charge in [0, 0.05) is 29.9 Å². The maximum atomic E-state index is 14.0. The molecule has 0 saturated carbocycles. The van der Waals surface area contributed by atoms with Crippen molar-refractivity contribution in [1.82, 2.24) is 10.3 Å². The van der Waals surface area contributed by atoms with Gasteiger partial charge in [0.05, 0.1) is 12.8 Å². The molecule has 2 aromatic rings. The van der Waals surface area contributed by atoms with Crippen molar-refractivity contribution in [1.29, 1.82) is 0 Å². The van der Waals surface area contributed by atoms with Gasteiger partial charge < -0.3 is 10.1 Å². The van der Waals surface area contributed by atoms with Gasteiger partial charge >= 0.3 is 0 Å². The molecule has 4 heteroatoms. The van der Waals surface area contributed by atoms with Crippen LogP contribution >= 0.6 is 0 Å². The standard InChI is InChI=1S/C16H19FN2O/c1-11(14-8-7-13(20-3)10-15(14)17)19-12(2)16-6-4-5-9-18-16/h4-12,19H,1-3H3/t11?,12-/m0/s1. The minimum atomic E-state index is -0.266. The Kier molecular flexibility index (Phi) is 4.69. The molecule has 0 fully saturated rings. The zero-order valence-electron chi connectivity index (χ0n) is 11.9. The SMILES string of the molecule is COc1ccc(C(C)N[C@@H](C)c2ccccn2)c(F)c1. The van der Waals surface area contributed by atoms with Crippen molar-refractivity contribution in [3.8, 4) is 5.75 Å². The van der Waals surface area contributed by atoms with E-state index in [1.54, 1.807) is 18.3 Å². The van der Waals surface area contributed by atoms with Gasteiger partial charge in [-0.2, -0.15) is 0 Å². The number of aromatic nitrogens is 1. The van der Waals surface area contributed by atoms with Crippen LogP contribution in [0.4, 0.5) is 4.39 Å². The van der Waals surface area contributed by atoms with E-state index in [2.05, 4.69) is 10.3 Å². The quantitative estimate of drug-likeness (QED) is 0.903. The van der Waals surface area contributed by atoms with Crippen LogP contribution in [0.15, 0.2) is 42.6 Å². The molecule has 3 nitrogen and oxygen atoms in total. The molecule has 1 aromatic carbocycles. The average Bonchev–Trinajstić information content (AvgIpc) is 2.47. The summed E-state index contributed by atoms with van der Waals surface area (Å²) in [6.45, 7) is 3.95. The molecule has 1 aromatic heterocycles. The molecule has 0 amide bonds. The molecule has 1 N–H and O–H groups in total. The number of nitrogens with zero attached hydrogens (tertiary/aromatic N) is 1. The predicted molar refractivity (Wildman–Crippen MR) is 77.2 cm³/mol. The maximum absolute atomic E-state index is 14.0. The molecule has 0 spiro atoms. The van der Waals surface area contributed by atoms with Crippen molar-refractivity contribution in [2.45, 2.75) is 25.9 Å². The second kappa shape index (κ2) is 6.48. The number of rotatable bonds is 5. The lowest BCUT2D eigenvalue weighted by Gasteiger charge is -2.20. The van der Waals surface area contributed by atoms with E-state index in [9.17, 15) is 4.39 Å². The second-order valence-electron chi connectivity index (χ2n) is 4.75. The normalized spacial score (nSPS) is 13.8. The van der Waals surface area contributed by atoms with Crippen LogP contribution in [0.2, 0.25) is 0 Å². The van der Waals surface area contributed by atoms with Crippen molar-refractivity contribution in [3.63, 3.8) is 0 Å². The van der Waals surface area contributed by atoms with E-state index in [4.69, 9.17) is 4.74 Å². The highest BCUT2D eigenvalue weighted by Crippen LogP contribution is 2.23. The molecular weight excluding hydrogens is 255 g/mol. The largest absolute Gasteiger partial charge is 0.497 e.